The molecular weight excluding hydrogens is 234 g/mol. The number of anilines is 1. The number of hydrogen-bond acceptors (Lipinski definition) is 3. The Kier molecular flexibility index (Phi) is 4.85. The van der Waals surface area contributed by atoms with Crippen LogP contribution in [0.1, 0.15) is 18.1 Å². The molecule has 18 heavy (non-hydrogen) atoms. The monoisotopic (exact) mass is 251 g/mol. The summed E-state index contributed by atoms with van der Waals surface area (Å²) in [6, 6.07) is 5.72. The van der Waals surface area contributed by atoms with Crippen LogP contribution in [0.3, 0.4) is 0 Å². The third kappa shape index (κ3) is 4.18. The molecule has 1 aromatic rings. The first-order valence-electron chi connectivity index (χ1n) is 5.61. The number of aliphatic carboxylic acids is 1. The minimum Gasteiger partial charge on any atom is -0.479 e. The molecular formula is C13H17NO4. The average Bonchev–Trinajstić information content (AvgIpc) is 2.30. The Morgan fingerprint density at radius 2 is 2.06 bits per heavy atom. The second-order valence-electron chi connectivity index (χ2n) is 4.16. The zero-order chi connectivity index (χ0) is 13.7. The van der Waals surface area contributed by atoms with E-state index in [1.165, 1.54) is 6.92 Å². The van der Waals surface area contributed by atoms with Crippen molar-refractivity contribution in [2.75, 3.05) is 11.9 Å². The van der Waals surface area contributed by atoms with E-state index < -0.39 is 12.1 Å². The van der Waals surface area contributed by atoms with Crippen molar-refractivity contribution in [2.24, 2.45) is 0 Å². The number of amides is 1. The summed E-state index contributed by atoms with van der Waals surface area (Å²) in [6.07, 6.45) is -0.991. The largest absolute Gasteiger partial charge is 0.479 e. The number of carbonyl (C=O) groups excluding carboxylic acids is 1. The molecule has 0 aliphatic carbocycles. The molecule has 0 saturated carbocycles. The van der Waals surface area contributed by atoms with Crippen molar-refractivity contribution >= 4 is 17.6 Å². The Morgan fingerprint density at radius 1 is 1.39 bits per heavy atom. The maximum absolute atomic E-state index is 11.6. The van der Waals surface area contributed by atoms with E-state index in [4.69, 9.17) is 9.84 Å². The molecule has 1 atom stereocenters. The Morgan fingerprint density at radius 3 is 2.67 bits per heavy atom. The quantitative estimate of drug-likeness (QED) is 0.835. The van der Waals surface area contributed by atoms with Crippen LogP contribution in [0.5, 0.6) is 0 Å². The molecule has 1 aromatic carbocycles. The zero-order valence-electron chi connectivity index (χ0n) is 10.7. The first kappa shape index (κ1) is 14.2. The molecule has 0 bridgehead atoms. The lowest BCUT2D eigenvalue weighted by molar-refractivity contribution is -0.150. The molecule has 5 nitrogen and oxygen atoms in total. The van der Waals surface area contributed by atoms with E-state index in [1.807, 2.05) is 32.0 Å². The van der Waals surface area contributed by atoms with Gasteiger partial charge >= 0.3 is 5.97 Å². The first-order chi connectivity index (χ1) is 8.40. The van der Waals surface area contributed by atoms with Gasteiger partial charge in [0.1, 0.15) is 6.61 Å². The predicted octanol–water partition coefficient (Wildman–Crippen LogP) is 1.73. The summed E-state index contributed by atoms with van der Waals surface area (Å²) >= 11 is 0. The third-order valence-electron chi connectivity index (χ3n) is 2.48. The number of benzene rings is 1. The van der Waals surface area contributed by atoms with Crippen molar-refractivity contribution in [1.29, 1.82) is 0 Å². The zero-order valence-corrected chi connectivity index (χ0v) is 10.7. The van der Waals surface area contributed by atoms with Crippen LogP contribution in [0.25, 0.3) is 0 Å². The molecule has 2 N–H and O–H groups in total. The van der Waals surface area contributed by atoms with Crippen molar-refractivity contribution < 1.29 is 19.4 Å². The van der Waals surface area contributed by atoms with E-state index >= 15 is 0 Å². The Labute approximate surface area is 106 Å². The minimum absolute atomic E-state index is 0.277. The second kappa shape index (κ2) is 6.16. The summed E-state index contributed by atoms with van der Waals surface area (Å²) in [5, 5.41) is 11.3. The number of aryl methyl sites for hydroxylation is 2. The van der Waals surface area contributed by atoms with Gasteiger partial charge in [0, 0.05) is 5.69 Å². The van der Waals surface area contributed by atoms with E-state index in [0.29, 0.717) is 5.69 Å². The summed E-state index contributed by atoms with van der Waals surface area (Å²) < 4.78 is 4.90. The Bertz CT molecular complexity index is 456. The van der Waals surface area contributed by atoms with Crippen LogP contribution >= 0.6 is 0 Å². The van der Waals surface area contributed by atoms with Gasteiger partial charge in [0.05, 0.1) is 0 Å². The second-order valence-corrected chi connectivity index (χ2v) is 4.16. The van der Waals surface area contributed by atoms with Gasteiger partial charge in [0.15, 0.2) is 6.10 Å². The summed E-state index contributed by atoms with van der Waals surface area (Å²) in [5.74, 6) is -1.45. The first-order valence-corrected chi connectivity index (χ1v) is 5.61. The van der Waals surface area contributed by atoms with Crippen molar-refractivity contribution in [1.82, 2.24) is 0 Å². The molecule has 0 spiro atoms. The van der Waals surface area contributed by atoms with E-state index in [2.05, 4.69) is 5.32 Å². The molecule has 0 aliphatic rings. The fourth-order valence-electron chi connectivity index (χ4n) is 1.33. The molecule has 0 heterocycles. The highest BCUT2D eigenvalue weighted by atomic mass is 16.5. The number of carboxylic acid groups (broad SMARTS) is 1. The molecule has 1 rings (SSSR count). The van der Waals surface area contributed by atoms with E-state index in [9.17, 15) is 9.59 Å². The maximum Gasteiger partial charge on any atom is 0.332 e. The maximum atomic E-state index is 11.6. The SMILES string of the molecule is Cc1ccc(C)c(NC(=O)COC(C)C(=O)O)c1. The number of ether oxygens (including phenoxy) is 1. The average molecular weight is 251 g/mol. The number of hydrogen-bond donors (Lipinski definition) is 2. The van der Waals surface area contributed by atoms with Crippen molar-refractivity contribution in [3.8, 4) is 0 Å². The topological polar surface area (TPSA) is 75.6 Å². The van der Waals surface area contributed by atoms with Crippen LogP contribution < -0.4 is 5.32 Å². The van der Waals surface area contributed by atoms with Gasteiger partial charge in [-0.1, -0.05) is 12.1 Å². The third-order valence-corrected chi connectivity index (χ3v) is 2.48. The predicted molar refractivity (Wildman–Crippen MR) is 67.6 cm³/mol. The van der Waals surface area contributed by atoms with E-state index in [0.717, 1.165) is 11.1 Å². The number of carboxylic acids is 1. The van der Waals surface area contributed by atoms with Crippen molar-refractivity contribution in [3.63, 3.8) is 0 Å². The molecule has 1 amide bonds. The fraction of sp³-hybridized carbons (Fsp3) is 0.385. The lowest BCUT2D eigenvalue weighted by Gasteiger charge is -2.11. The fourth-order valence-corrected chi connectivity index (χ4v) is 1.33. The highest BCUT2D eigenvalue weighted by Gasteiger charge is 2.13. The molecule has 0 radical (unpaired) electrons. The summed E-state index contributed by atoms with van der Waals surface area (Å²) in [6.45, 7) is 4.92. The summed E-state index contributed by atoms with van der Waals surface area (Å²) in [4.78, 5) is 22.1. The van der Waals surface area contributed by atoms with Crippen LogP contribution in [-0.4, -0.2) is 29.7 Å². The highest BCUT2D eigenvalue weighted by Crippen LogP contribution is 2.16. The number of rotatable bonds is 5. The van der Waals surface area contributed by atoms with Gasteiger partial charge in [-0.15, -0.1) is 0 Å². The van der Waals surface area contributed by atoms with Gasteiger partial charge < -0.3 is 15.2 Å². The summed E-state index contributed by atoms with van der Waals surface area (Å²) in [7, 11) is 0. The van der Waals surface area contributed by atoms with Gasteiger partial charge in [-0.25, -0.2) is 4.79 Å². The smallest absolute Gasteiger partial charge is 0.332 e. The van der Waals surface area contributed by atoms with E-state index in [1.54, 1.807) is 0 Å². The van der Waals surface area contributed by atoms with Gasteiger partial charge in [-0.3, -0.25) is 4.79 Å². The normalized spacial score (nSPS) is 11.9. The molecule has 0 aromatic heterocycles. The molecule has 5 heteroatoms. The highest BCUT2D eigenvalue weighted by molar-refractivity contribution is 5.92. The number of nitrogens with one attached hydrogen (secondary N) is 1. The molecule has 0 aliphatic heterocycles. The van der Waals surface area contributed by atoms with Crippen molar-refractivity contribution in [3.05, 3.63) is 29.3 Å². The van der Waals surface area contributed by atoms with Crippen LogP contribution in [-0.2, 0) is 14.3 Å². The van der Waals surface area contributed by atoms with Gasteiger partial charge in [-0.05, 0) is 38.0 Å². The van der Waals surface area contributed by atoms with Crippen LogP contribution in [0.15, 0.2) is 18.2 Å². The lowest BCUT2D eigenvalue weighted by atomic mass is 10.1. The standard InChI is InChI=1S/C13H17NO4/c1-8-4-5-9(2)11(6-8)14-12(15)7-18-10(3)13(16)17/h4-6,10H,7H2,1-3H3,(H,14,15)(H,16,17). The molecule has 1 unspecified atom stereocenters. The van der Waals surface area contributed by atoms with Crippen LogP contribution in [0.4, 0.5) is 5.69 Å². The van der Waals surface area contributed by atoms with Gasteiger partial charge in [0.25, 0.3) is 0 Å². The number of carbonyl (C=O) groups is 2. The molecule has 98 valence electrons. The van der Waals surface area contributed by atoms with Crippen molar-refractivity contribution in [2.45, 2.75) is 26.9 Å². The Balaban J connectivity index is 2.54. The van der Waals surface area contributed by atoms with Gasteiger partial charge in [0.2, 0.25) is 5.91 Å². The molecule has 0 saturated heterocycles. The van der Waals surface area contributed by atoms with Crippen LogP contribution in [0, 0.1) is 13.8 Å². The Hall–Kier alpha value is -1.88. The minimum atomic E-state index is -1.09. The van der Waals surface area contributed by atoms with Gasteiger partial charge in [-0.2, -0.15) is 0 Å². The molecule has 0 fully saturated rings. The lowest BCUT2D eigenvalue weighted by Crippen LogP contribution is -2.26. The van der Waals surface area contributed by atoms with Crippen LogP contribution in [0.2, 0.25) is 0 Å². The summed E-state index contributed by atoms with van der Waals surface area (Å²) in [5.41, 5.74) is 2.70. The van der Waals surface area contributed by atoms with E-state index in [-0.39, 0.29) is 12.5 Å².